The van der Waals surface area contributed by atoms with E-state index in [2.05, 4.69) is 20.9 Å². The van der Waals surface area contributed by atoms with E-state index in [-0.39, 0.29) is 16.6 Å². The van der Waals surface area contributed by atoms with E-state index in [1.54, 1.807) is 18.2 Å². The molecule has 0 spiro atoms. The Labute approximate surface area is 129 Å². The summed E-state index contributed by atoms with van der Waals surface area (Å²) in [6.45, 7) is 2.29. The van der Waals surface area contributed by atoms with Gasteiger partial charge in [-0.3, -0.25) is 0 Å². The van der Waals surface area contributed by atoms with Crippen LogP contribution >= 0.6 is 27.5 Å². The zero-order valence-corrected chi connectivity index (χ0v) is 13.2. The molecule has 0 aliphatic rings. The summed E-state index contributed by atoms with van der Waals surface area (Å²) in [6, 6.07) is 5.16. The van der Waals surface area contributed by atoms with Gasteiger partial charge in [-0.15, -0.1) is 0 Å². The molecule has 1 heterocycles. The Bertz CT molecular complexity index is 660. The fourth-order valence-electron chi connectivity index (χ4n) is 1.75. The van der Waals surface area contributed by atoms with Crippen LogP contribution in [0.4, 0.5) is 0 Å². The predicted molar refractivity (Wildman–Crippen MR) is 81.3 cm³/mol. The van der Waals surface area contributed by atoms with Crippen molar-refractivity contribution in [3.63, 3.8) is 0 Å². The summed E-state index contributed by atoms with van der Waals surface area (Å²) in [4.78, 5) is 15.8. The molecule has 0 saturated heterocycles. The zero-order chi connectivity index (χ0) is 14.7. The number of pyridine rings is 1. The van der Waals surface area contributed by atoms with Crippen molar-refractivity contribution in [3.05, 3.63) is 33.5 Å². The molecule has 1 N–H and O–H groups in total. The van der Waals surface area contributed by atoms with Crippen LogP contribution in [-0.4, -0.2) is 22.7 Å². The number of hydrogen-bond donors (Lipinski definition) is 1. The molecule has 0 aliphatic carbocycles. The minimum Gasteiger partial charge on any atom is -0.505 e. The quantitative estimate of drug-likeness (QED) is 0.502. The van der Waals surface area contributed by atoms with Gasteiger partial charge in [0.1, 0.15) is 5.15 Å². The number of aromatic nitrogens is 1. The lowest BCUT2D eigenvalue weighted by Crippen LogP contribution is -2.09. The highest BCUT2D eigenvalue weighted by Crippen LogP contribution is 2.34. The van der Waals surface area contributed by atoms with Crippen LogP contribution in [0.3, 0.4) is 0 Å². The fourth-order valence-corrected chi connectivity index (χ4v) is 2.35. The van der Waals surface area contributed by atoms with Crippen LogP contribution in [0, 0.1) is 0 Å². The molecule has 0 aliphatic heterocycles. The number of ether oxygens (including phenoxy) is 1. The number of nitrogens with zero attached hydrogens (tertiary/aromatic N) is 1. The molecule has 0 atom stereocenters. The van der Waals surface area contributed by atoms with Crippen LogP contribution in [0.25, 0.3) is 10.8 Å². The third kappa shape index (κ3) is 3.04. The summed E-state index contributed by atoms with van der Waals surface area (Å²) >= 11 is 9.38. The van der Waals surface area contributed by atoms with E-state index in [9.17, 15) is 9.90 Å². The standard InChI is InChI=1S/C14H13BrClNO3/c1-2-3-6-20-14(19)11-12(18)9-5-4-8(15)7-10(9)13(16)17-11/h4-5,7,18H,2-3,6H2,1H3. The van der Waals surface area contributed by atoms with Gasteiger partial charge in [-0.25, -0.2) is 9.78 Å². The molecule has 20 heavy (non-hydrogen) atoms. The predicted octanol–water partition coefficient (Wildman–Crippen LogP) is 4.31. The van der Waals surface area contributed by atoms with Gasteiger partial charge in [0, 0.05) is 15.2 Å². The molecular formula is C14H13BrClNO3. The van der Waals surface area contributed by atoms with Crippen LogP contribution in [-0.2, 0) is 4.74 Å². The Kier molecular flexibility index (Phi) is 4.83. The number of rotatable bonds is 4. The Morgan fingerprint density at radius 2 is 2.20 bits per heavy atom. The number of fused-ring (bicyclic) bond motifs is 1. The van der Waals surface area contributed by atoms with Crippen molar-refractivity contribution in [1.29, 1.82) is 0 Å². The minimum absolute atomic E-state index is 0.152. The smallest absolute Gasteiger partial charge is 0.360 e. The van der Waals surface area contributed by atoms with Gasteiger partial charge in [0.05, 0.1) is 6.61 Å². The molecule has 1 aromatic carbocycles. The van der Waals surface area contributed by atoms with Crippen molar-refractivity contribution in [2.24, 2.45) is 0 Å². The molecule has 106 valence electrons. The summed E-state index contributed by atoms with van der Waals surface area (Å²) in [5.41, 5.74) is -0.152. The minimum atomic E-state index is -0.664. The lowest BCUT2D eigenvalue weighted by atomic mass is 10.1. The maximum Gasteiger partial charge on any atom is 0.360 e. The second-order valence-corrected chi connectivity index (χ2v) is 5.55. The largest absolute Gasteiger partial charge is 0.505 e. The van der Waals surface area contributed by atoms with Crippen molar-refractivity contribution in [3.8, 4) is 5.75 Å². The summed E-state index contributed by atoms with van der Waals surface area (Å²) in [7, 11) is 0. The maximum absolute atomic E-state index is 11.9. The highest BCUT2D eigenvalue weighted by atomic mass is 79.9. The lowest BCUT2D eigenvalue weighted by Gasteiger charge is -2.09. The third-order valence-electron chi connectivity index (χ3n) is 2.82. The number of hydrogen-bond acceptors (Lipinski definition) is 4. The number of carbonyl (C=O) groups is 1. The molecule has 2 rings (SSSR count). The summed E-state index contributed by atoms with van der Waals surface area (Å²) in [5, 5.41) is 11.3. The van der Waals surface area contributed by atoms with Gasteiger partial charge in [-0.2, -0.15) is 0 Å². The van der Waals surface area contributed by atoms with Crippen LogP contribution in [0.2, 0.25) is 5.15 Å². The Morgan fingerprint density at radius 3 is 2.90 bits per heavy atom. The summed E-state index contributed by atoms with van der Waals surface area (Å²) in [6.07, 6.45) is 1.68. The van der Waals surface area contributed by atoms with E-state index in [1.807, 2.05) is 6.92 Å². The monoisotopic (exact) mass is 357 g/mol. The van der Waals surface area contributed by atoms with Gasteiger partial charge in [0.15, 0.2) is 11.4 Å². The molecule has 6 heteroatoms. The molecular weight excluding hydrogens is 346 g/mol. The third-order valence-corrected chi connectivity index (χ3v) is 3.60. The summed E-state index contributed by atoms with van der Waals surface area (Å²) < 4.78 is 5.86. The van der Waals surface area contributed by atoms with Crippen LogP contribution in [0.1, 0.15) is 30.3 Å². The second kappa shape index (κ2) is 6.41. The average Bonchev–Trinajstić information content (AvgIpc) is 2.42. The Hall–Kier alpha value is -1.33. The second-order valence-electron chi connectivity index (χ2n) is 4.28. The van der Waals surface area contributed by atoms with Gasteiger partial charge in [0.2, 0.25) is 0 Å². The van der Waals surface area contributed by atoms with Crippen LogP contribution < -0.4 is 0 Å². The first-order chi connectivity index (χ1) is 9.54. The first kappa shape index (κ1) is 15.1. The molecule has 0 saturated carbocycles. The molecule has 0 unspecified atom stereocenters. The highest BCUT2D eigenvalue weighted by Gasteiger charge is 2.19. The molecule has 0 radical (unpaired) electrons. The zero-order valence-electron chi connectivity index (χ0n) is 10.8. The normalized spacial score (nSPS) is 10.8. The van der Waals surface area contributed by atoms with Crippen molar-refractivity contribution >= 4 is 44.3 Å². The first-order valence-corrected chi connectivity index (χ1v) is 7.36. The average molecular weight is 359 g/mol. The number of benzene rings is 1. The topological polar surface area (TPSA) is 59.4 Å². The van der Waals surface area contributed by atoms with Crippen molar-refractivity contribution in [2.45, 2.75) is 19.8 Å². The number of carbonyl (C=O) groups excluding carboxylic acids is 1. The van der Waals surface area contributed by atoms with Crippen molar-refractivity contribution in [1.82, 2.24) is 4.98 Å². The number of unbranched alkanes of at least 4 members (excludes halogenated alkanes) is 1. The van der Waals surface area contributed by atoms with Gasteiger partial charge in [-0.1, -0.05) is 40.9 Å². The van der Waals surface area contributed by atoms with E-state index in [0.29, 0.717) is 17.4 Å². The van der Waals surface area contributed by atoms with E-state index in [1.165, 1.54) is 0 Å². The van der Waals surface area contributed by atoms with E-state index < -0.39 is 5.97 Å². The van der Waals surface area contributed by atoms with Gasteiger partial charge < -0.3 is 9.84 Å². The van der Waals surface area contributed by atoms with E-state index >= 15 is 0 Å². The van der Waals surface area contributed by atoms with Crippen LogP contribution in [0.15, 0.2) is 22.7 Å². The maximum atomic E-state index is 11.9. The molecule has 1 aromatic heterocycles. The number of aromatic hydroxyl groups is 1. The van der Waals surface area contributed by atoms with Crippen molar-refractivity contribution < 1.29 is 14.6 Å². The molecule has 2 aromatic rings. The summed E-state index contributed by atoms with van der Waals surface area (Å²) in [5.74, 6) is -0.874. The van der Waals surface area contributed by atoms with E-state index in [4.69, 9.17) is 16.3 Å². The van der Waals surface area contributed by atoms with Gasteiger partial charge in [-0.05, 0) is 24.6 Å². The van der Waals surface area contributed by atoms with Crippen molar-refractivity contribution in [2.75, 3.05) is 6.61 Å². The van der Waals surface area contributed by atoms with Gasteiger partial charge in [0.25, 0.3) is 0 Å². The number of halogens is 2. The van der Waals surface area contributed by atoms with Gasteiger partial charge >= 0.3 is 5.97 Å². The molecule has 0 fully saturated rings. The number of esters is 1. The SMILES string of the molecule is CCCCOC(=O)c1nc(Cl)c2cc(Br)ccc2c1O. The Balaban J connectivity index is 2.42. The Morgan fingerprint density at radius 1 is 1.45 bits per heavy atom. The first-order valence-electron chi connectivity index (χ1n) is 6.19. The molecule has 4 nitrogen and oxygen atoms in total. The molecule has 0 amide bonds. The lowest BCUT2D eigenvalue weighted by molar-refractivity contribution is 0.0489. The van der Waals surface area contributed by atoms with Crippen LogP contribution in [0.5, 0.6) is 5.75 Å². The highest BCUT2D eigenvalue weighted by molar-refractivity contribution is 9.10. The van der Waals surface area contributed by atoms with E-state index in [0.717, 1.165) is 17.3 Å². The molecule has 0 bridgehead atoms. The fraction of sp³-hybridized carbons (Fsp3) is 0.286.